The van der Waals surface area contributed by atoms with Gasteiger partial charge in [0.15, 0.2) is 0 Å². The van der Waals surface area contributed by atoms with Crippen molar-refractivity contribution in [3.05, 3.63) is 0 Å². The van der Waals surface area contributed by atoms with Gasteiger partial charge >= 0.3 is 0 Å². The minimum atomic E-state index is 0.765. The molecule has 0 aromatic rings. The Kier molecular flexibility index (Phi) is 3.57. The summed E-state index contributed by atoms with van der Waals surface area (Å²) in [5.74, 6) is 0.765. The summed E-state index contributed by atoms with van der Waals surface area (Å²) in [6.07, 6.45) is 6.91. The first kappa shape index (κ1) is 9.56. The van der Waals surface area contributed by atoms with Crippen LogP contribution in [0.1, 0.15) is 39.0 Å². The molecule has 0 bridgehead atoms. The standard InChI is InChI=1S/C10H20N2/c1-9(11-12(2)3)10-7-5-4-6-8-10/h10H,4-8H2,1-3H3. The van der Waals surface area contributed by atoms with Crippen LogP contribution in [-0.4, -0.2) is 24.8 Å². The molecular weight excluding hydrogens is 148 g/mol. The molecule has 2 heteroatoms. The van der Waals surface area contributed by atoms with E-state index in [1.165, 1.54) is 37.8 Å². The average Bonchev–Trinajstić information content (AvgIpc) is 2.05. The van der Waals surface area contributed by atoms with Gasteiger partial charge < -0.3 is 5.01 Å². The predicted molar refractivity (Wildman–Crippen MR) is 53.4 cm³/mol. The zero-order valence-corrected chi connectivity index (χ0v) is 8.51. The topological polar surface area (TPSA) is 15.6 Å². The van der Waals surface area contributed by atoms with E-state index in [4.69, 9.17) is 0 Å². The van der Waals surface area contributed by atoms with Gasteiger partial charge in [0.2, 0.25) is 0 Å². The van der Waals surface area contributed by atoms with Crippen molar-refractivity contribution >= 4 is 5.71 Å². The quantitative estimate of drug-likeness (QED) is 0.457. The van der Waals surface area contributed by atoms with Crippen molar-refractivity contribution in [2.75, 3.05) is 14.1 Å². The molecule has 70 valence electrons. The Morgan fingerprint density at radius 1 is 1.17 bits per heavy atom. The van der Waals surface area contributed by atoms with Crippen LogP contribution in [0.2, 0.25) is 0 Å². The van der Waals surface area contributed by atoms with E-state index in [1.54, 1.807) is 0 Å². The van der Waals surface area contributed by atoms with Crippen molar-refractivity contribution in [1.82, 2.24) is 5.01 Å². The zero-order valence-electron chi connectivity index (χ0n) is 8.51. The molecule has 0 radical (unpaired) electrons. The fourth-order valence-corrected chi connectivity index (χ4v) is 1.92. The maximum absolute atomic E-state index is 4.45. The molecule has 0 aliphatic heterocycles. The van der Waals surface area contributed by atoms with Gasteiger partial charge in [-0.25, -0.2) is 0 Å². The summed E-state index contributed by atoms with van der Waals surface area (Å²) >= 11 is 0. The van der Waals surface area contributed by atoms with Crippen molar-refractivity contribution in [2.45, 2.75) is 39.0 Å². The van der Waals surface area contributed by atoms with E-state index in [9.17, 15) is 0 Å². The van der Waals surface area contributed by atoms with Crippen molar-refractivity contribution in [1.29, 1.82) is 0 Å². The smallest absolute Gasteiger partial charge is 0.0380 e. The molecule has 0 heterocycles. The van der Waals surface area contributed by atoms with Crippen molar-refractivity contribution in [2.24, 2.45) is 11.0 Å². The molecule has 0 amide bonds. The third-order valence-electron chi connectivity index (χ3n) is 2.55. The van der Waals surface area contributed by atoms with E-state index in [1.807, 2.05) is 19.1 Å². The fourth-order valence-electron chi connectivity index (χ4n) is 1.92. The summed E-state index contributed by atoms with van der Waals surface area (Å²) in [5, 5.41) is 6.36. The molecule has 2 nitrogen and oxygen atoms in total. The molecule has 1 aliphatic rings. The maximum Gasteiger partial charge on any atom is 0.0380 e. The summed E-state index contributed by atoms with van der Waals surface area (Å²) in [6.45, 7) is 2.16. The minimum Gasteiger partial charge on any atom is -0.303 e. The molecule has 0 aromatic heterocycles. The van der Waals surface area contributed by atoms with E-state index in [0.29, 0.717) is 0 Å². The second-order valence-corrected chi connectivity index (χ2v) is 3.92. The van der Waals surface area contributed by atoms with Crippen LogP contribution in [0.15, 0.2) is 5.10 Å². The highest BCUT2D eigenvalue weighted by Crippen LogP contribution is 2.24. The van der Waals surface area contributed by atoms with Gasteiger partial charge in [0, 0.05) is 19.8 Å². The third-order valence-corrected chi connectivity index (χ3v) is 2.55. The minimum absolute atomic E-state index is 0.765. The molecule has 1 aliphatic carbocycles. The van der Waals surface area contributed by atoms with Crippen LogP contribution in [0, 0.1) is 5.92 Å². The first-order chi connectivity index (χ1) is 5.70. The van der Waals surface area contributed by atoms with Gasteiger partial charge in [-0.15, -0.1) is 0 Å². The second kappa shape index (κ2) is 4.48. The monoisotopic (exact) mass is 168 g/mol. The Bertz CT molecular complexity index is 155. The van der Waals surface area contributed by atoms with Crippen molar-refractivity contribution in [3.8, 4) is 0 Å². The Balaban J connectivity index is 2.44. The second-order valence-electron chi connectivity index (χ2n) is 3.92. The Labute approximate surface area is 75.6 Å². The maximum atomic E-state index is 4.45. The number of hydrazone groups is 1. The molecular formula is C10H20N2. The molecule has 0 atom stereocenters. The summed E-state index contributed by atoms with van der Waals surface area (Å²) in [5.41, 5.74) is 1.32. The summed E-state index contributed by atoms with van der Waals surface area (Å²) in [6, 6.07) is 0. The van der Waals surface area contributed by atoms with Crippen LogP contribution in [-0.2, 0) is 0 Å². The lowest BCUT2D eigenvalue weighted by Gasteiger charge is -2.22. The van der Waals surface area contributed by atoms with Gasteiger partial charge in [0.05, 0.1) is 0 Å². The first-order valence-electron chi connectivity index (χ1n) is 4.92. The van der Waals surface area contributed by atoms with Crippen LogP contribution < -0.4 is 0 Å². The van der Waals surface area contributed by atoms with E-state index in [-0.39, 0.29) is 0 Å². The van der Waals surface area contributed by atoms with Gasteiger partial charge in [0.1, 0.15) is 0 Å². The van der Waals surface area contributed by atoms with Crippen LogP contribution >= 0.6 is 0 Å². The molecule has 0 unspecified atom stereocenters. The lowest BCUT2D eigenvalue weighted by Crippen LogP contribution is -2.18. The number of hydrogen-bond acceptors (Lipinski definition) is 2. The lowest BCUT2D eigenvalue weighted by atomic mass is 9.86. The first-order valence-corrected chi connectivity index (χ1v) is 4.92. The predicted octanol–water partition coefficient (Wildman–Crippen LogP) is 2.50. The van der Waals surface area contributed by atoms with Gasteiger partial charge in [-0.05, 0) is 25.7 Å². The molecule has 1 rings (SSSR count). The number of rotatable bonds is 2. The fraction of sp³-hybridized carbons (Fsp3) is 0.900. The van der Waals surface area contributed by atoms with Crippen LogP contribution in [0.3, 0.4) is 0 Å². The largest absolute Gasteiger partial charge is 0.303 e. The Morgan fingerprint density at radius 2 is 1.75 bits per heavy atom. The van der Waals surface area contributed by atoms with Crippen molar-refractivity contribution in [3.63, 3.8) is 0 Å². The lowest BCUT2D eigenvalue weighted by molar-refractivity contribution is 0.405. The van der Waals surface area contributed by atoms with Gasteiger partial charge in [-0.2, -0.15) is 5.10 Å². The van der Waals surface area contributed by atoms with Crippen molar-refractivity contribution < 1.29 is 0 Å². The van der Waals surface area contributed by atoms with E-state index >= 15 is 0 Å². The van der Waals surface area contributed by atoms with Gasteiger partial charge in [-0.1, -0.05) is 19.3 Å². The normalized spacial score (nSPS) is 21.1. The number of hydrogen-bond donors (Lipinski definition) is 0. The zero-order chi connectivity index (χ0) is 8.97. The molecule has 0 N–H and O–H groups in total. The highest BCUT2D eigenvalue weighted by atomic mass is 15.4. The third kappa shape index (κ3) is 2.84. The Morgan fingerprint density at radius 3 is 2.25 bits per heavy atom. The van der Waals surface area contributed by atoms with Crippen LogP contribution in [0.25, 0.3) is 0 Å². The molecule has 1 saturated carbocycles. The van der Waals surface area contributed by atoms with E-state index < -0.39 is 0 Å². The number of nitrogens with zero attached hydrogens (tertiary/aromatic N) is 2. The van der Waals surface area contributed by atoms with Crippen LogP contribution in [0.4, 0.5) is 0 Å². The van der Waals surface area contributed by atoms with E-state index in [2.05, 4.69) is 12.0 Å². The van der Waals surface area contributed by atoms with E-state index in [0.717, 1.165) is 5.92 Å². The highest BCUT2D eigenvalue weighted by molar-refractivity contribution is 5.84. The molecule has 0 aromatic carbocycles. The Hall–Kier alpha value is -0.530. The van der Waals surface area contributed by atoms with Gasteiger partial charge in [0.25, 0.3) is 0 Å². The SMILES string of the molecule is CC(=NN(C)C)C1CCCCC1. The summed E-state index contributed by atoms with van der Waals surface area (Å²) < 4.78 is 0. The summed E-state index contributed by atoms with van der Waals surface area (Å²) in [7, 11) is 3.98. The molecule has 0 saturated heterocycles. The van der Waals surface area contributed by atoms with Crippen LogP contribution in [0.5, 0.6) is 0 Å². The highest BCUT2D eigenvalue weighted by Gasteiger charge is 2.15. The molecule has 0 spiro atoms. The molecule has 1 fully saturated rings. The summed E-state index contributed by atoms with van der Waals surface area (Å²) in [4.78, 5) is 0. The molecule has 12 heavy (non-hydrogen) atoms. The average molecular weight is 168 g/mol. The van der Waals surface area contributed by atoms with Gasteiger partial charge in [-0.3, -0.25) is 0 Å².